The van der Waals surface area contributed by atoms with Crippen LogP contribution in [-0.4, -0.2) is 9.78 Å². The second-order valence-corrected chi connectivity index (χ2v) is 1.52. The third kappa shape index (κ3) is 0.481. The Bertz CT molecular complexity index is 170. The summed E-state index contributed by atoms with van der Waals surface area (Å²) < 4.78 is 2.74. The SMILES string of the molecule is Cn1nc[n+](N)c1N. The molecule has 0 bridgehead atoms. The van der Waals surface area contributed by atoms with Crippen molar-refractivity contribution in [2.45, 2.75) is 0 Å². The molecular weight excluding hydrogens is 106 g/mol. The summed E-state index contributed by atoms with van der Waals surface area (Å²) in [6.45, 7) is 0. The topological polar surface area (TPSA) is 73.7 Å². The minimum atomic E-state index is 0.435. The van der Waals surface area contributed by atoms with Gasteiger partial charge in [0.2, 0.25) is 0 Å². The zero-order valence-electron chi connectivity index (χ0n) is 4.57. The van der Waals surface area contributed by atoms with Crippen LogP contribution in [0.25, 0.3) is 0 Å². The Labute approximate surface area is 46.5 Å². The maximum atomic E-state index is 5.34. The first-order valence-electron chi connectivity index (χ1n) is 2.16. The van der Waals surface area contributed by atoms with Crippen LogP contribution in [-0.2, 0) is 7.05 Å². The van der Waals surface area contributed by atoms with E-state index in [-0.39, 0.29) is 0 Å². The highest BCUT2D eigenvalue weighted by Crippen LogP contribution is 1.80. The van der Waals surface area contributed by atoms with Gasteiger partial charge < -0.3 is 5.73 Å². The van der Waals surface area contributed by atoms with Crippen molar-refractivity contribution in [2.24, 2.45) is 7.05 Å². The summed E-state index contributed by atoms with van der Waals surface area (Å²) in [5.41, 5.74) is 5.34. The third-order valence-electron chi connectivity index (χ3n) is 0.945. The van der Waals surface area contributed by atoms with E-state index in [4.69, 9.17) is 11.6 Å². The Hall–Kier alpha value is -1.26. The van der Waals surface area contributed by atoms with Crippen molar-refractivity contribution >= 4 is 5.95 Å². The zero-order valence-corrected chi connectivity index (χ0v) is 4.57. The Morgan fingerprint density at radius 3 is 2.62 bits per heavy atom. The second kappa shape index (κ2) is 1.36. The number of aromatic nitrogens is 3. The van der Waals surface area contributed by atoms with E-state index in [2.05, 4.69) is 5.10 Å². The van der Waals surface area contributed by atoms with Gasteiger partial charge in [0, 0.05) is 0 Å². The summed E-state index contributed by atoms with van der Waals surface area (Å²) in [4.78, 5) is 0. The van der Waals surface area contributed by atoms with E-state index in [9.17, 15) is 0 Å². The zero-order chi connectivity index (χ0) is 6.15. The summed E-state index contributed by atoms with van der Waals surface area (Å²) in [6.07, 6.45) is 1.44. The molecule has 1 heterocycles. The average Bonchev–Trinajstić information content (AvgIpc) is 1.98. The van der Waals surface area contributed by atoms with Crippen molar-refractivity contribution in [1.29, 1.82) is 0 Å². The summed E-state index contributed by atoms with van der Waals surface area (Å²) in [5, 5.41) is 3.75. The van der Waals surface area contributed by atoms with Gasteiger partial charge in [-0.3, -0.25) is 5.84 Å². The maximum absolute atomic E-state index is 5.34. The van der Waals surface area contributed by atoms with Gasteiger partial charge in [0.05, 0.1) is 7.05 Å². The molecule has 0 aliphatic carbocycles. The van der Waals surface area contributed by atoms with E-state index in [1.807, 2.05) is 0 Å². The van der Waals surface area contributed by atoms with Crippen LogP contribution in [0.1, 0.15) is 0 Å². The molecule has 4 N–H and O–H groups in total. The fraction of sp³-hybridized carbons (Fsp3) is 0.333. The molecule has 0 unspecified atom stereocenters. The molecule has 1 rings (SSSR count). The molecule has 0 fully saturated rings. The van der Waals surface area contributed by atoms with Gasteiger partial charge in [0.15, 0.2) is 0 Å². The lowest BCUT2D eigenvalue weighted by atomic mass is 11.0. The van der Waals surface area contributed by atoms with Gasteiger partial charge in [-0.2, -0.15) is 0 Å². The molecule has 0 radical (unpaired) electrons. The number of aryl methyl sites for hydroxylation is 1. The molecule has 1 aromatic heterocycles. The highest BCUT2D eigenvalue weighted by molar-refractivity contribution is 5.02. The molecule has 5 heteroatoms. The van der Waals surface area contributed by atoms with Gasteiger partial charge in [0.1, 0.15) is 0 Å². The van der Waals surface area contributed by atoms with Crippen molar-refractivity contribution in [2.75, 3.05) is 11.6 Å². The molecule has 0 saturated carbocycles. The van der Waals surface area contributed by atoms with Crippen LogP contribution in [0, 0.1) is 0 Å². The Morgan fingerprint density at radius 2 is 2.50 bits per heavy atom. The van der Waals surface area contributed by atoms with Crippen LogP contribution in [0.2, 0.25) is 0 Å². The van der Waals surface area contributed by atoms with Crippen LogP contribution < -0.4 is 16.3 Å². The van der Waals surface area contributed by atoms with Crippen LogP contribution in [0.5, 0.6) is 0 Å². The van der Waals surface area contributed by atoms with E-state index in [0.29, 0.717) is 5.95 Å². The first-order chi connectivity index (χ1) is 3.72. The van der Waals surface area contributed by atoms with E-state index in [1.54, 1.807) is 7.05 Å². The number of hydrogen-bond acceptors (Lipinski definition) is 3. The second-order valence-electron chi connectivity index (χ2n) is 1.52. The van der Waals surface area contributed by atoms with Crippen molar-refractivity contribution in [1.82, 2.24) is 9.78 Å². The van der Waals surface area contributed by atoms with Crippen molar-refractivity contribution < 1.29 is 4.68 Å². The van der Waals surface area contributed by atoms with Crippen molar-refractivity contribution in [3.63, 3.8) is 0 Å². The van der Waals surface area contributed by atoms with Crippen LogP contribution in [0.4, 0.5) is 5.95 Å². The number of nitrogen functional groups attached to an aromatic ring is 2. The lowest BCUT2D eigenvalue weighted by Crippen LogP contribution is -2.45. The van der Waals surface area contributed by atoms with E-state index in [1.165, 1.54) is 15.7 Å². The first kappa shape index (κ1) is 4.89. The molecule has 0 atom stereocenters. The third-order valence-corrected chi connectivity index (χ3v) is 0.945. The lowest BCUT2D eigenvalue weighted by Gasteiger charge is -1.83. The van der Waals surface area contributed by atoms with Gasteiger partial charge in [-0.25, -0.2) is 0 Å². The predicted molar refractivity (Wildman–Crippen MR) is 28.0 cm³/mol. The Morgan fingerprint density at radius 1 is 1.88 bits per heavy atom. The van der Waals surface area contributed by atoms with Crippen LogP contribution in [0.3, 0.4) is 0 Å². The molecule has 0 saturated heterocycles. The average molecular weight is 114 g/mol. The van der Waals surface area contributed by atoms with Crippen molar-refractivity contribution in [3.8, 4) is 0 Å². The maximum Gasteiger partial charge on any atom is 0.363 e. The summed E-state index contributed by atoms with van der Waals surface area (Å²) in [6, 6.07) is 0. The summed E-state index contributed by atoms with van der Waals surface area (Å²) in [5.74, 6) is 5.68. The largest absolute Gasteiger partial charge is 0.363 e. The molecule has 0 aromatic carbocycles. The minimum Gasteiger partial charge on any atom is -0.306 e. The van der Waals surface area contributed by atoms with E-state index in [0.717, 1.165) is 0 Å². The molecule has 8 heavy (non-hydrogen) atoms. The smallest absolute Gasteiger partial charge is 0.306 e. The van der Waals surface area contributed by atoms with Crippen molar-refractivity contribution in [3.05, 3.63) is 6.33 Å². The molecule has 0 aliphatic heterocycles. The molecule has 5 nitrogen and oxygen atoms in total. The molecular formula is C3H8N5+. The number of nitrogens with zero attached hydrogens (tertiary/aromatic N) is 3. The summed E-state index contributed by atoms with van der Waals surface area (Å²) in [7, 11) is 1.72. The monoisotopic (exact) mass is 114 g/mol. The van der Waals surface area contributed by atoms with Gasteiger partial charge >= 0.3 is 5.95 Å². The van der Waals surface area contributed by atoms with Gasteiger partial charge in [-0.05, 0) is 5.10 Å². The first-order valence-corrected chi connectivity index (χ1v) is 2.16. The quantitative estimate of drug-likeness (QED) is 0.303. The number of anilines is 1. The number of hydrogen-bond donors (Lipinski definition) is 2. The molecule has 0 spiro atoms. The predicted octanol–water partition coefficient (Wildman–Crippen LogP) is -2.00. The fourth-order valence-electron chi connectivity index (χ4n) is 0.419. The fourth-order valence-corrected chi connectivity index (χ4v) is 0.419. The standard InChI is InChI=1S/C3H7N5/c1-7-3(4)8(5)2-6-7/h2,4H,5H2,1H3/p+1. The normalized spacial score (nSPS) is 9.62. The number of rotatable bonds is 0. The van der Waals surface area contributed by atoms with Gasteiger partial charge in [-0.1, -0.05) is 0 Å². The molecule has 0 amide bonds. The summed E-state index contributed by atoms with van der Waals surface area (Å²) >= 11 is 0. The van der Waals surface area contributed by atoms with Gasteiger partial charge in [-0.15, -0.1) is 9.36 Å². The van der Waals surface area contributed by atoms with E-state index < -0.39 is 0 Å². The highest BCUT2D eigenvalue weighted by atomic mass is 15.5. The molecule has 0 aliphatic rings. The van der Waals surface area contributed by atoms with E-state index >= 15 is 0 Å². The molecule has 1 aromatic rings. The lowest BCUT2D eigenvalue weighted by molar-refractivity contribution is -0.624. The van der Waals surface area contributed by atoms with Crippen LogP contribution >= 0.6 is 0 Å². The van der Waals surface area contributed by atoms with Gasteiger partial charge in [0.25, 0.3) is 6.33 Å². The van der Waals surface area contributed by atoms with Crippen LogP contribution in [0.15, 0.2) is 6.33 Å². The molecule has 44 valence electrons. The highest BCUT2D eigenvalue weighted by Gasteiger charge is 2.04. The minimum absolute atomic E-state index is 0.435. The number of nitrogens with two attached hydrogens (primary N) is 2. The Balaban J connectivity index is 3.19. The Kier molecular flexibility index (Phi) is 0.831.